The van der Waals surface area contributed by atoms with E-state index < -0.39 is 97.5 Å². The predicted molar refractivity (Wildman–Crippen MR) is 409 cm³/mol. The summed E-state index contributed by atoms with van der Waals surface area (Å²) in [6.45, 7) is 11.9. The number of phosphoric ester groups is 2. The molecule has 0 aromatic rings. The van der Waals surface area contributed by atoms with Crippen LogP contribution in [0.1, 0.15) is 421 Å². The molecule has 2 unspecified atom stereocenters. The van der Waals surface area contributed by atoms with Gasteiger partial charge in [-0.2, -0.15) is 0 Å². The van der Waals surface area contributed by atoms with Gasteiger partial charge in [0.25, 0.3) is 0 Å². The van der Waals surface area contributed by atoms with Crippen LogP contribution < -0.4 is 0 Å². The number of hydrogen-bond donors (Lipinski definition) is 3. The van der Waals surface area contributed by atoms with E-state index >= 15 is 0 Å². The van der Waals surface area contributed by atoms with Crippen molar-refractivity contribution in [2.45, 2.75) is 439 Å². The highest BCUT2D eigenvalue weighted by Crippen LogP contribution is 2.45. The summed E-state index contributed by atoms with van der Waals surface area (Å²) in [5.74, 6) is 0.169. The maximum Gasteiger partial charge on any atom is 0.472 e. The predicted octanol–water partition coefficient (Wildman–Crippen LogP) is 24.1. The van der Waals surface area contributed by atoms with Gasteiger partial charge in [0.1, 0.15) is 19.3 Å². The Morgan fingerprint density at radius 2 is 0.460 bits per heavy atom. The zero-order valence-corrected chi connectivity index (χ0v) is 67.5. The number of carbonyl (C=O) groups excluding carboxylic acids is 4. The van der Waals surface area contributed by atoms with E-state index in [1.807, 2.05) is 0 Å². The lowest BCUT2D eigenvalue weighted by Gasteiger charge is -2.21. The van der Waals surface area contributed by atoms with Crippen LogP contribution in [-0.4, -0.2) is 96.7 Å². The third kappa shape index (κ3) is 74.3. The summed E-state index contributed by atoms with van der Waals surface area (Å²) >= 11 is 0. The van der Waals surface area contributed by atoms with Gasteiger partial charge in [0.15, 0.2) is 12.2 Å². The molecular weight excluding hydrogens is 1310 g/mol. The lowest BCUT2D eigenvalue weighted by molar-refractivity contribution is -0.161. The van der Waals surface area contributed by atoms with Crippen LogP contribution >= 0.6 is 15.6 Å². The maximum atomic E-state index is 13.1. The van der Waals surface area contributed by atoms with Crippen molar-refractivity contribution in [3.63, 3.8) is 0 Å². The van der Waals surface area contributed by atoms with Crippen LogP contribution in [0.15, 0.2) is 0 Å². The van der Waals surface area contributed by atoms with Crippen LogP contribution in [0.4, 0.5) is 0 Å². The highest BCUT2D eigenvalue weighted by molar-refractivity contribution is 7.47. The molecule has 3 N–H and O–H groups in total. The van der Waals surface area contributed by atoms with Crippen LogP contribution in [0, 0.1) is 17.8 Å². The molecular formula is C81H158O17P2. The number of aliphatic hydroxyl groups excluding tert-OH is 1. The summed E-state index contributed by atoms with van der Waals surface area (Å²) in [5, 5.41) is 10.6. The van der Waals surface area contributed by atoms with Crippen molar-refractivity contribution in [2.75, 3.05) is 39.6 Å². The van der Waals surface area contributed by atoms with Gasteiger partial charge < -0.3 is 33.8 Å². The molecule has 0 saturated heterocycles. The highest BCUT2D eigenvalue weighted by Gasteiger charge is 2.30. The van der Waals surface area contributed by atoms with Crippen LogP contribution in [0.5, 0.6) is 0 Å². The van der Waals surface area contributed by atoms with Crippen molar-refractivity contribution < 1.29 is 80.2 Å². The molecule has 0 aliphatic carbocycles. The SMILES string of the molecule is CCCCCCCCCCCCCCCCCCCCC(=O)OC[C@H](COP(=O)(O)OC[C@@H](O)COP(=O)(O)OC[C@@H](COC(=O)CCCCCCCCCCC(C)C)OC(=O)CCCCCCCCCCCCC(C)C)OC(=O)CCCCCCCCCCCCCCCCCC(C)C. The van der Waals surface area contributed by atoms with Crippen molar-refractivity contribution in [1.29, 1.82) is 0 Å². The number of hydrogen-bond acceptors (Lipinski definition) is 15. The van der Waals surface area contributed by atoms with Gasteiger partial charge >= 0.3 is 39.5 Å². The number of phosphoric acid groups is 2. The molecule has 594 valence electrons. The van der Waals surface area contributed by atoms with Gasteiger partial charge in [-0.1, -0.05) is 370 Å². The van der Waals surface area contributed by atoms with Crippen molar-refractivity contribution in [1.82, 2.24) is 0 Å². The van der Waals surface area contributed by atoms with E-state index in [2.05, 4.69) is 48.5 Å². The first-order chi connectivity index (χ1) is 48.2. The third-order valence-electron chi connectivity index (χ3n) is 18.9. The highest BCUT2D eigenvalue weighted by atomic mass is 31.2. The first-order valence-corrected chi connectivity index (χ1v) is 44.8. The van der Waals surface area contributed by atoms with E-state index in [-0.39, 0.29) is 25.7 Å². The molecule has 0 aliphatic rings. The standard InChI is InChI=1S/C81H158O17P2/c1-8-9-10-11-12-13-14-15-16-17-18-21-24-27-33-41-48-55-62-78(83)91-68-76(97-80(85)64-57-50-43-34-28-25-22-19-20-23-26-31-38-45-52-59-72(2)3)70-95-99(87,88)93-66-75(82)67-94-100(89,90)96-71-77(69-92-79(84)63-56-49-42-37-36-40-47-54-61-74(6)7)98-81(86)65-58-51-44-35-30-29-32-39-46-53-60-73(4)5/h72-77,82H,8-71H2,1-7H3,(H,87,88)(H,89,90)/t75-,76-,77-/m1/s1. The summed E-state index contributed by atoms with van der Waals surface area (Å²) < 4.78 is 68.7. The van der Waals surface area contributed by atoms with E-state index in [1.54, 1.807) is 0 Å². The monoisotopic (exact) mass is 1470 g/mol. The Kier molecular flexibility index (Phi) is 69.9. The second kappa shape index (κ2) is 71.3. The first-order valence-electron chi connectivity index (χ1n) is 41.8. The molecule has 0 radical (unpaired) electrons. The lowest BCUT2D eigenvalue weighted by atomic mass is 10.0. The number of rotatable bonds is 79. The fraction of sp³-hybridized carbons (Fsp3) is 0.951. The average Bonchev–Trinajstić information content (AvgIpc) is 0.953. The van der Waals surface area contributed by atoms with Gasteiger partial charge in [-0.05, 0) is 43.4 Å². The molecule has 5 atom stereocenters. The van der Waals surface area contributed by atoms with Crippen molar-refractivity contribution in [2.24, 2.45) is 17.8 Å². The maximum absolute atomic E-state index is 13.1. The fourth-order valence-corrected chi connectivity index (χ4v) is 14.1. The zero-order valence-electron chi connectivity index (χ0n) is 65.7. The molecule has 0 aromatic heterocycles. The second-order valence-corrected chi connectivity index (χ2v) is 33.5. The topological polar surface area (TPSA) is 237 Å². The summed E-state index contributed by atoms with van der Waals surface area (Å²) in [6, 6.07) is 0. The van der Waals surface area contributed by atoms with E-state index in [4.69, 9.17) is 37.0 Å². The minimum Gasteiger partial charge on any atom is -0.462 e. The Labute approximate surface area is 613 Å². The largest absolute Gasteiger partial charge is 0.472 e. The number of esters is 4. The Bertz CT molecular complexity index is 1940. The molecule has 100 heavy (non-hydrogen) atoms. The first kappa shape index (κ1) is 98.1. The second-order valence-electron chi connectivity index (χ2n) is 30.6. The molecule has 17 nitrogen and oxygen atoms in total. The van der Waals surface area contributed by atoms with Gasteiger partial charge in [0.05, 0.1) is 26.4 Å². The van der Waals surface area contributed by atoms with Crippen LogP contribution in [-0.2, 0) is 65.4 Å². The van der Waals surface area contributed by atoms with Crippen LogP contribution in [0.2, 0.25) is 0 Å². The Morgan fingerprint density at radius 3 is 0.680 bits per heavy atom. The zero-order chi connectivity index (χ0) is 73.7. The van der Waals surface area contributed by atoms with Gasteiger partial charge in [0, 0.05) is 25.7 Å². The van der Waals surface area contributed by atoms with E-state index in [9.17, 15) is 43.2 Å². The number of ether oxygens (including phenoxy) is 4. The van der Waals surface area contributed by atoms with E-state index in [0.717, 1.165) is 108 Å². The molecule has 0 saturated carbocycles. The van der Waals surface area contributed by atoms with Gasteiger partial charge in [-0.25, -0.2) is 9.13 Å². The minimum atomic E-state index is -4.96. The minimum absolute atomic E-state index is 0.105. The molecule has 0 spiro atoms. The van der Waals surface area contributed by atoms with Gasteiger partial charge in [-0.3, -0.25) is 37.3 Å². The Hall–Kier alpha value is -1.94. The lowest BCUT2D eigenvalue weighted by Crippen LogP contribution is -2.30. The summed E-state index contributed by atoms with van der Waals surface area (Å²) in [4.78, 5) is 73.0. The molecule has 0 aliphatic heterocycles. The molecule has 0 rings (SSSR count). The molecule has 0 bridgehead atoms. The summed E-state index contributed by atoms with van der Waals surface area (Å²) in [7, 11) is -9.92. The van der Waals surface area contributed by atoms with E-state index in [1.165, 1.54) is 231 Å². The summed E-state index contributed by atoms with van der Waals surface area (Å²) in [5.41, 5.74) is 0. The average molecular weight is 1470 g/mol. The smallest absolute Gasteiger partial charge is 0.462 e. The van der Waals surface area contributed by atoms with Gasteiger partial charge in [-0.15, -0.1) is 0 Å². The number of aliphatic hydroxyl groups is 1. The Balaban J connectivity index is 5.25. The quantitative estimate of drug-likeness (QED) is 0.0222. The normalized spacial score (nSPS) is 14.0. The number of unbranched alkanes of at least 4 members (excludes halogenated alkanes) is 47. The molecule has 0 aromatic carbocycles. The van der Waals surface area contributed by atoms with Crippen LogP contribution in [0.3, 0.4) is 0 Å². The molecule has 19 heteroatoms. The van der Waals surface area contributed by atoms with Crippen molar-refractivity contribution in [3.8, 4) is 0 Å². The van der Waals surface area contributed by atoms with Crippen LogP contribution in [0.25, 0.3) is 0 Å². The van der Waals surface area contributed by atoms with Gasteiger partial charge in [0.2, 0.25) is 0 Å². The third-order valence-corrected chi connectivity index (χ3v) is 20.8. The molecule has 0 amide bonds. The molecule has 0 fully saturated rings. The summed E-state index contributed by atoms with van der Waals surface area (Å²) in [6.07, 6.45) is 59.7. The number of carbonyl (C=O) groups is 4. The Morgan fingerprint density at radius 1 is 0.270 bits per heavy atom. The molecule has 0 heterocycles. The van der Waals surface area contributed by atoms with Crippen molar-refractivity contribution >= 4 is 39.5 Å². The fourth-order valence-electron chi connectivity index (χ4n) is 12.5. The van der Waals surface area contributed by atoms with E-state index in [0.29, 0.717) is 25.7 Å². The van der Waals surface area contributed by atoms with Crippen molar-refractivity contribution in [3.05, 3.63) is 0 Å².